The van der Waals surface area contributed by atoms with Gasteiger partial charge in [0.2, 0.25) is 0 Å². The minimum atomic E-state index is -0.695. The van der Waals surface area contributed by atoms with Crippen molar-refractivity contribution >= 4 is 23.5 Å². The highest BCUT2D eigenvalue weighted by Crippen LogP contribution is 2.59. The first-order chi connectivity index (χ1) is 12.8. The van der Waals surface area contributed by atoms with Gasteiger partial charge in [-0.15, -0.1) is 0 Å². The molecule has 1 unspecified atom stereocenters. The molecule has 1 amide bonds. The highest BCUT2D eigenvalue weighted by atomic mass is 35.5. The molecule has 1 N–H and O–H groups in total. The number of benzene rings is 1. The van der Waals surface area contributed by atoms with E-state index in [1.54, 1.807) is 0 Å². The van der Waals surface area contributed by atoms with Gasteiger partial charge in [0.1, 0.15) is 0 Å². The first-order valence-corrected chi connectivity index (χ1v) is 9.67. The van der Waals surface area contributed by atoms with Gasteiger partial charge < -0.3 is 14.6 Å². The number of piperidine rings is 1. The summed E-state index contributed by atoms with van der Waals surface area (Å²) in [5.74, 6) is -0.888. The topological polar surface area (TPSA) is 62.5 Å². The van der Waals surface area contributed by atoms with Crippen molar-refractivity contribution in [2.45, 2.75) is 33.1 Å². The summed E-state index contributed by atoms with van der Waals surface area (Å²) >= 11 is 6.13. The fourth-order valence-corrected chi connectivity index (χ4v) is 4.75. The van der Waals surface area contributed by atoms with E-state index in [0.717, 1.165) is 36.3 Å². The maximum absolute atomic E-state index is 13.1. The molecule has 6 heteroatoms. The Hall–Kier alpha value is -2.27. The van der Waals surface area contributed by atoms with Crippen molar-refractivity contribution < 1.29 is 14.7 Å². The van der Waals surface area contributed by atoms with E-state index in [1.807, 2.05) is 53.6 Å². The zero-order valence-corrected chi connectivity index (χ0v) is 16.3. The highest BCUT2D eigenvalue weighted by Gasteiger charge is 2.59. The second-order valence-corrected chi connectivity index (χ2v) is 8.29. The normalized spacial score (nSPS) is 20.7. The summed E-state index contributed by atoms with van der Waals surface area (Å²) in [6.45, 7) is 5.19. The first kappa shape index (κ1) is 18.1. The molecule has 2 aliphatic rings. The monoisotopic (exact) mass is 386 g/mol. The zero-order valence-electron chi connectivity index (χ0n) is 15.5. The third-order valence-corrected chi connectivity index (χ3v) is 6.50. The highest BCUT2D eigenvalue weighted by molar-refractivity contribution is 6.30. The van der Waals surface area contributed by atoms with Crippen LogP contribution in [-0.2, 0) is 4.79 Å². The minimum absolute atomic E-state index is 0.0266. The number of hydrogen-bond acceptors (Lipinski definition) is 2. The van der Waals surface area contributed by atoms with Crippen molar-refractivity contribution in [3.05, 3.63) is 52.3 Å². The number of aromatic nitrogens is 1. The van der Waals surface area contributed by atoms with Crippen LogP contribution >= 0.6 is 11.6 Å². The largest absolute Gasteiger partial charge is 0.481 e. The first-order valence-electron chi connectivity index (χ1n) is 9.29. The predicted octanol–water partition coefficient (Wildman–Crippen LogP) is 4.07. The number of aryl methyl sites for hydroxylation is 1. The molecule has 0 bridgehead atoms. The molecule has 2 fully saturated rings. The summed E-state index contributed by atoms with van der Waals surface area (Å²) in [5, 5.41) is 9.89. The quantitative estimate of drug-likeness (QED) is 0.864. The fraction of sp³-hybridized carbons (Fsp3) is 0.429. The van der Waals surface area contributed by atoms with E-state index in [0.29, 0.717) is 23.7 Å². The lowest BCUT2D eigenvalue weighted by Gasteiger charge is -2.32. The molecule has 27 heavy (non-hydrogen) atoms. The number of rotatable bonds is 3. The fourth-order valence-electron chi connectivity index (χ4n) is 4.57. The summed E-state index contributed by atoms with van der Waals surface area (Å²) in [4.78, 5) is 26.2. The van der Waals surface area contributed by atoms with Gasteiger partial charge in [-0.2, -0.15) is 0 Å². The van der Waals surface area contributed by atoms with Gasteiger partial charge in [-0.1, -0.05) is 17.7 Å². The Morgan fingerprint density at radius 3 is 2.48 bits per heavy atom. The van der Waals surface area contributed by atoms with E-state index in [4.69, 9.17) is 11.6 Å². The molecule has 0 radical (unpaired) electrons. The van der Waals surface area contributed by atoms with Crippen molar-refractivity contribution in [2.24, 2.45) is 11.3 Å². The smallest absolute Gasteiger partial charge is 0.307 e. The van der Waals surface area contributed by atoms with Gasteiger partial charge in [0.25, 0.3) is 5.91 Å². The van der Waals surface area contributed by atoms with Crippen molar-refractivity contribution in [3.63, 3.8) is 0 Å². The van der Waals surface area contributed by atoms with E-state index in [9.17, 15) is 14.7 Å². The Labute approximate surface area is 163 Å². The number of carbonyl (C=O) groups excluding carboxylic acids is 1. The van der Waals surface area contributed by atoms with Crippen LogP contribution in [0.1, 0.15) is 41.0 Å². The SMILES string of the molecule is Cc1cc(C(=O)N2CCC3(CC2)CC3C(=O)O)c(C)n1-c1cccc(Cl)c1. The van der Waals surface area contributed by atoms with Crippen molar-refractivity contribution in [1.29, 1.82) is 0 Å². The minimum Gasteiger partial charge on any atom is -0.481 e. The molecule has 1 aliphatic carbocycles. The van der Waals surface area contributed by atoms with Gasteiger partial charge in [0.15, 0.2) is 0 Å². The molecule has 4 rings (SSSR count). The van der Waals surface area contributed by atoms with E-state index in [2.05, 4.69) is 0 Å². The summed E-state index contributed by atoms with van der Waals surface area (Å²) in [7, 11) is 0. The van der Waals surface area contributed by atoms with Gasteiger partial charge in [0.05, 0.1) is 11.5 Å². The lowest BCUT2D eigenvalue weighted by Crippen LogP contribution is -2.40. The second kappa shape index (κ2) is 6.41. The van der Waals surface area contributed by atoms with E-state index in [-0.39, 0.29) is 17.2 Å². The van der Waals surface area contributed by atoms with Crippen LogP contribution in [0.3, 0.4) is 0 Å². The third-order valence-electron chi connectivity index (χ3n) is 6.26. The maximum Gasteiger partial charge on any atom is 0.307 e. The second-order valence-electron chi connectivity index (χ2n) is 7.85. The molecule has 1 aliphatic heterocycles. The van der Waals surface area contributed by atoms with Gasteiger partial charge in [0, 0.05) is 35.2 Å². The summed E-state index contributed by atoms with van der Waals surface area (Å²) < 4.78 is 2.05. The van der Waals surface area contributed by atoms with Crippen LogP contribution in [-0.4, -0.2) is 39.5 Å². The van der Waals surface area contributed by atoms with Crippen LogP contribution in [0.15, 0.2) is 30.3 Å². The van der Waals surface area contributed by atoms with Gasteiger partial charge in [-0.3, -0.25) is 9.59 Å². The number of aliphatic carboxylic acids is 1. The molecule has 1 spiro atoms. The van der Waals surface area contributed by atoms with Gasteiger partial charge in [-0.25, -0.2) is 0 Å². The summed E-state index contributed by atoms with van der Waals surface area (Å²) in [6.07, 6.45) is 2.32. The molecular weight excluding hydrogens is 364 g/mol. The Balaban J connectivity index is 1.54. The molecule has 142 valence electrons. The number of carboxylic acid groups (broad SMARTS) is 1. The lowest BCUT2D eigenvalue weighted by atomic mass is 9.90. The number of carboxylic acids is 1. The number of hydrogen-bond donors (Lipinski definition) is 1. The van der Waals surface area contributed by atoms with Crippen LogP contribution in [0.4, 0.5) is 0 Å². The Morgan fingerprint density at radius 2 is 1.89 bits per heavy atom. The van der Waals surface area contributed by atoms with Crippen molar-refractivity contribution in [1.82, 2.24) is 9.47 Å². The molecular formula is C21H23ClN2O3. The maximum atomic E-state index is 13.1. The van der Waals surface area contributed by atoms with Crippen LogP contribution in [0.5, 0.6) is 0 Å². The average molecular weight is 387 g/mol. The Kier molecular flexibility index (Phi) is 4.30. The van der Waals surface area contributed by atoms with Gasteiger partial charge in [-0.05, 0) is 62.8 Å². The van der Waals surface area contributed by atoms with Crippen LogP contribution in [0, 0.1) is 25.2 Å². The molecule has 5 nitrogen and oxygen atoms in total. The van der Waals surface area contributed by atoms with E-state index in [1.165, 1.54) is 0 Å². The van der Waals surface area contributed by atoms with Crippen LogP contribution < -0.4 is 0 Å². The molecule has 2 aromatic rings. The average Bonchev–Trinajstić information content (AvgIpc) is 3.25. The molecule has 1 atom stereocenters. The van der Waals surface area contributed by atoms with Crippen LogP contribution in [0.25, 0.3) is 5.69 Å². The van der Waals surface area contributed by atoms with Crippen molar-refractivity contribution in [3.8, 4) is 5.69 Å². The number of amides is 1. The zero-order chi connectivity index (χ0) is 19.3. The summed E-state index contributed by atoms with van der Waals surface area (Å²) in [5.41, 5.74) is 3.46. The standard InChI is InChI=1S/C21H23ClN2O3/c1-13-10-17(14(2)24(13)16-5-3-4-15(22)11-16)19(25)23-8-6-21(7-9-23)12-18(21)20(26)27/h3-5,10-11,18H,6-9,12H2,1-2H3,(H,26,27). The number of carbonyl (C=O) groups is 2. The van der Waals surface area contributed by atoms with Crippen LogP contribution in [0.2, 0.25) is 5.02 Å². The van der Waals surface area contributed by atoms with Gasteiger partial charge >= 0.3 is 5.97 Å². The number of nitrogens with zero attached hydrogens (tertiary/aromatic N) is 2. The predicted molar refractivity (Wildman–Crippen MR) is 104 cm³/mol. The third kappa shape index (κ3) is 3.04. The molecule has 1 aromatic carbocycles. The Bertz CT molecular complexity index is 926. The molecule has 2 heterocycles. The number of halogens is 1. The Morgan fingerprint density at radius 1 is 1.19 bits per heavy atom. The van der Waals surface area contributed by atoms with E-state index < -0.39 is 5.97 Å². The summed E-state index contributed by atoms with van der Waals surface area (Å²) in [6, 6.07) is 9.53. The number of likely N-dealkylation sites (tertiary alicyclic amines) is 1. The van der Waals surface area contributed by atoms with Crippen molar-refractivity contribution in [2.75, 3.05) is 13.1 Å². The molecule has 1 saturated carbocycles. The molecule has 1 saturated heterocycles. The lowest BCUT2D eigenvalue weighted by molar-refractivity contribution is -0.139. The van der Waals surface area contributed by atoms with E-state index >= 15 is 0 Å². The molecule has 1 aromatic heterocycles.